The van der Waals surface area contributed by atoms with Crippen LogP contribution in [0, 0.1) is 0 Å². The monoisotopic (exact) mass is 341 g/mol. The zero-order valence-electron chi connectivity index (χ0n) is 14.4. The number of piperazine rings is 1. The molecule has 8 nitrogen and oxygen atoms in total. The first-order valence-electron chi connectivity index (χ1n) is 8.90. The molecular weight excluding hydrogens is 318 g/mol. The molecule has 8 heteroatoms. The minimum atomic E-state index is -0.104. The highest BCUT2D eigenvalue weighted by atomic mass is 16.2. The number of carbonyl (C=O) groups excluding carboxylic acids is 1. The third kappa shape index (κ3) is 3.57. The normalized spacial score (nSPS) is 17.6. The van der Waals surface area contributed by atoms with E-state index in [0.29, 0.717) is 24.7 Å². The van der Waals surface area contributed by atoms with Crippen LogP contribution in [0.1, 0.15) is 37.2 Å². The summed E-state index contributed by atoms with van der Waals surface area (Å²) in [6.45, 7) is 4.91. The number of H-pyrrole nitrogens is 1. The van der Waals surface area contributed by atoms with Crippen LogP contribution >= 0.6 is 0 Å². The molecule has 25 heavy (non-hydrogen) atoms. The Bertz CT molecular complexity index is 730. The summed E-state index contributed by atoms with van der Waals surface area (Å²) in [6, 6.07) is 2.05. The van der Waals surface area contributed by atoms with Gasteiger partial charge in [-0.2, -0.15) is 5.10 Å². The summed E-state index contributed by atoms with van der Waals surface area (Å²) >= 11 is 0. The fourth-order valence-electron chi connectivity index (χ4n) is 3.03. The van der Waals surface area contributed by atoms with Gasteiger partial charge in [-0.15, -0.1) is 0 Å². The number of amides is 2. The second kappa shape index (κ2) is 6.70. The van der Waals surface area contributed by atoms with Gasteiger partial charge in [-0.3, -0.25) is 5.10 Å². The van der Waals surface area contributed by atoms with E-state index in [4.69, 9.17) is 0 Å². The molecule has 2 fully saturated rings. The minimum absolute atomic E-state index is 0.104. The molecule has 2 N–H and O–H groups in total. The van der Waals surface area contributed by atoms with Crippen LogP contribution in [-0.4, -0.2) is 57.3 Å². The van der Waals surface area contributed by atoms with Gasteiger partial charge in [-0.1, -0.05) is 6.92 Å². The molecule has 0 spiro atoms. The molecular formula is C17H23N7O. The predicted octanol–water partition coefficient (Wildman–Crippen LogP) is 1.99. The van der Waals surface area contributed by atoms with Crippen LogP contribution in [0.15, 0.2) is 18.5 Å². The van der Waals surface area contributed by atoms with E-state index in [1.54, 1.807) is 12.4 Å². The highest BCUT2D eigenvalue weighted by Gasteiger charge is 2.27. The number of hydrogen-bond donors (Lipinski definition) is 2. The molecule has 132 valence electrons. The number of nitrogens with zero attached hydrogens (tertiary/aromatic N) is 5. The second-order valence-corrected chi connectivity index (χ2v) is 6.60. The van der Waals surface area contributed by atoms with Gasteiger partial charge < -0.3 is 15.1 Å². The fraction of sp³-hybridized carbons (Fsp3) is 0.529. The third-order valence-electron chi connectivity index (χ3n) is 4.77. The van der Waals surface area contributed by atoms with Crippen molar-refractivity contribution < 1.29 is 4.79 Å². The van der Waals surface area contributed by atoms with Gasteiger partial charge in [-0.05, 0) is 12.8 Å². The van der Waals surface area contributed by atoms with Crippen LogP contribution in [0.25, 0.3) is 0 Å². The minimum Gasteiger partial charge on any atom is -0.352 e. The average Bonchev–Trinajstić information content (AvgIpc) is 3.39. The zero-order valence-corrected chi connectivity index (χ0v) is 14.4. The van der Waals surface area contributed by atoms with E-state index < -0.39 is 0 Å². The summed E-state index contributed by atoms with van der Waals surface area (Å²) in [5, 5.41) is 10.4. The van der Waals surface area contributed by atoms with Crippen molar-refractivity contribution in [2.45, 2.75) is 32.1 Å². The van der Waals surface area contributed by atoms with Crippen LogP contribution in [-0.2, 0) is 6.42 Å². The van der Waals surface area contributed by atoms with Crippen molar-refractivity contribution in [2.24, 2.45) is 0 Å². The SMILES string of the molecule is CCc1ncc(NC(=O)N2CCN(c3cc(C4CC4)[nH]n3)CC2)cn1. The molecule has 0 aromatic carbocycles. The van der Waals surface area contributed by atoms with Crippen LogP contribution < -0.4 is 10.2 Å². The molecule has 0 unspecified atom stereocenters. The maximum atomic E-state index is 12.4. The first-order chi connectivity index (χ1) is 12.2. The molecule has 2 amide bonds. The van der Waals surface area contributed by atoms with Gasteiger partial charge in [0, 0.05) is 50.3 Å². The maximum Gasteiger partial charge on any atom is 0.322 e. The molecule has 4 rings (SSSR count). The predicted molar refractivity (Wildman–Crippen MR) is 94.8 cm³/mol. The molecule has 2 aromatic rings. The lowest BCUT2D eigenvalue weighted by Crippen LogP contribution is -2.50. The molecule has 0 atom stereocenters. The lowest BCUT2D eigenvalue weighted by atomic mass is 10.2. The Hall–Kier alpha value is -2.64. The first kappa shape index (κ1) is 15.9. The van der Waals surface area contributed by atoms with E-state index in [-0.39, 0.29) is 6.03 Å². The topological polar surface area (TPSA) is 90.0 Å². The number of carbonyl (C=O) groups is 1. The number of urea groups is 1. The van der Waals surface area contributed by atoms with E-state index >= 15 is 0 Å². The number of aryl methyl sites for hydroxylation is 1. The molecule has 0 bridgehead atoms. The van der Waals surface area contributed by atoms with E-state index in [1.165, 1.54) is 18.5 Å². The van der Waals surface area contributed by atoms with Gasteiger partial charge >= 0.3 is 6.03 Å². The fourth-order valence-corrected chi connectivity index (χ4v) is 3.03. The summed E-state index contributed by atoms with van der Waals surface area (Å²) in [5.74, 6) is 2.44. The molecule has 2 aliphatic rings. The summed E-state index contributed by atoms with van der Waals surface area (Å²) in [6.07, 6.45) is 6.62. The number of hydrogen-bond acceptors (Lipinski definition) is 5. The van der Waals surface area contributed by atoms with Crippen molar-refractivity contribution in [1.82, 2.24) is 25.1 Å². The van der Waals surface area contributed by atoms with Gasteiger partial charge in [0.15, 0.2) is 5.82 Å². The van der Waals surface area contributed by atoms with Crippen LogP contribution in [0.5, 0.6) is 0 Å². The molecule has 1 aliphatic carbocycles. The molecule has 3 heterocycles. The van der Waals surface area contributed by atoms with Gasteiger partial charge in [0.25, 0.3) is 0 Å². The zero-order chi connectivity index (χ0) is 17.2. The molecule has 1 saturated heterocycles. The van der Waals surface area contributed by atoms with Crippen molar-refractivity contribution in [3.8, 4) is 0 Å². The standard InChI is InChI=1S/C17H23N7O/c1-2-15-18-10-13(11-19-15)20-17(25)24-7-5-23(6-8-24)16-9-14(21-22-16)12-3-4-12/h9-12H,2-8H2,1H3,(H,20,25)(H,21,22). The first-order valence-corrected chi connectivity index (χ1v) is 8.90. The van der Waals surface area contributed by atoms with Gasteiger partial charge in [0.1, 0.15) is 5.82 Å². The smallest absolute Gasteiger partial charge is 0.322 e. The third-order valence-corrected chi connectivity index (χ3v) is 4.77. The number of aromatic nitrogens is 4. The lowest BCUT2D eigenvalue weighted by Gasteiger charge is -2.34. The van der Waals surface area contributed by atoms with E-state index in [9.17, 15) is 4.79 Å². The Kier molecular flexibility index (Phi) is 4.25. The van der Waals surface area contributed by atoms with Crippen LogP contribution in [0.4, 0.5) is 16.3 Å². The van der Waals surface area contributed by atoms with Crippen molar-refractivity contribution in [1.29, 1.82) is 0 Å². The second-order valence-electron chi connectivity index (χ2n) is 6.60. The lowest BCUT2D eigenvalue weighted by molar-refractivity contribution is 0.208. The summed E-state index contributed by atoms with van der Waals surface area (Å²) in [7, 11) is 0. The van der Waals surface area contributed by atoms with Crippen molar-refractivity contribution >= 4 is 17.5 Å². The Morgan fingerprint density at radius 2 is 1.96 bits per heavy atom. The van der Waals surface area contributed by atoms with Crippen molar-refractivity contribution in [3.05, 3.63) is 30.0 Å². The molecule has 2 aromatic heterocycles. The summed E-state index contributed by atoms with van der Waals surface area (Å²) in [4.78, 5) is 24.8. The van der Waals surface area contributed by atoms with E-state index in [2.05, 4.69) is 36.4 Å². The molecule has 1 aliphatic heterocycles. The van der Waals surface area contributed by atoms with Gasteiger partial charge in [0.2, 0.25) is 0 Å². The average molecular weight is 341 g/mol. The number of anilines is 2. The number of nitrogens with one attached hydrogen (secondary N) is 2. The largest absolute Gasteiger partial charge is 0.352 e. The van der Waals surface area contributed by atoms with Crippen LogP contribution in [0.3, 0.4) is 0 Å². The Morgan fingerprint density at radius 1 is 1.24 bits per heavy atom. The van der Waals surface area contributed by atoms with Gasteiger partial charge in [-0.25, -0.2) is 14.8 Å². The van der Waals surface area contributed by atoms with Crippen molar-refractivity contribution in [2.75, 3.05) is 36.4 Å². The summed E-state index contributed by atoms with van der Waals surface area (Å²) < 4.78 is 0. The highest BCUT2D eigenvalue weighted by Crippen LogP contribution is 2.39. The molecule has 0 radical (unpaired) electrons. The van der Waals surface area contributed by atoms with E-state index in [0.717, 1.165) is 31.2 Å². The van der Waals surface area contributed by atoms with Gasteiger partial charge in [0.05, 0.1) is 18.1 Å². The van der Waals surface area contributed by atoms with E-state index in [1.807, 2.05) is 11.8 Å². The Balaban J connectivity index is 1.30. The summed E-state index contributed by atoms with van der Waals surface area (Å²) in [5.41, 5.74) is 1.87. The number of aromatic amines is 1. The van der Waals surface area contributed by atoms with Crippen LogP contribution in [0.2, 0.25) is 0 Å². The maximum absolute atomic E-state index is 12.4. The van der Waals surface area contributed by atoms with Crippen molar-refractivity contribution in [3.63, 3.8) is 0 Å². The molecule has 1 saturated carbocycles. The highest BCUT2D eigenvalue weighted by molar-refractivity contribution is 5.89. The Labute approximate surface area is 146 Å². The number of rotatable bonds is 4. The Morgan fingerprint density at radius 3 is 2.60 bits per heavy atom. The quantitative estimate of drug-likeness (QED) is 0.888.